The van der Waals surface area contributed by atoms with Gasteiger partial charge < -0.3 is 0 Å². The first kappa shape index (κ1) is 27.2. The van der Waals surface area contributed by atoms with Crippen molar-refractivity contribution in [3.8, 4) is 0 Å². The molecule has 2 aromatic carbocycles. The van der Waals surface area contributed by atoms with E-state index in [1.807, 2.05) is 12.4 Å². The van der Waals surface area contributed by atoms with Crippen LogP contribution in [0.25, 0.3) is 0 Å². The Morgan fingerprint density at radius 1 is 0.600 bits per heavy atom. The number of aliphatic imine (C=N–C) groups is 2. The van der Waals surface area contributed by atoms with Gasteiger partial charge in [-0.3, -0.25) is 0 Å². The third kappa shape index (κ3) is 10.4. The molecule has 188 valence electrons. The van der Waals surface area contributed by atoms with Gasteiger partial charge in [0, 0.05) is 5.92 Å². The molecule has 2 aromatic rings. The van der Waals surface area contributed by atoms with Crippen LogP contribution >= 0.6 is 0 Å². The number of rotatable bonds is 19. The fraction of sp³-hybridized carbons (Fsp3) is 0.545. The first-order valence-electron chi connectivity index (χ1n) is 14.4. The highest BCUT2D eigenvalue weighted by molar-refractivity contribution is 6.18. The number of hydrogen-bond acceptors (Lipinski definition) is 2. The highest BCUT2D eigenvalue weighted by Crippen LogP contribution is 2.40. The Morgan fingerprint density at radius 3 is 1.63 bits per heavy atom. The molecule has 0 aromatic heterocycles. The van der Waals surface area contributed by atoms with Gasteiger partial charge in [-0.25, -0.2) is 0 Å². The minimum Gasteiger partial charge on any atom is -0.0965 e. The van der Waals surface area contributed by atoms with Crippen LogP contribution in [0.15, 0.2) is 70.6 Å². The quantitative estimate of drug-likeness (QED) is 0.144. The van der Waals surface area contributed by atoms with E-state index in [0.717, 1.165) is 19.0 Å². The van der Waals surface area contributed by atoms with E-state index in [1.165, 1.54) is 94.6 Å². The summed E-state index contributed by atoms with van der Waals surface area (Å²) in [6.45, 7) is 2.29. The van der Waals surface area contributed by atoms with Crippen molar-refractivity contribution >= 4 is 12.4 Å². The van der Waals surface area contributed by atoms with Crippen molar-refractivity contribution in [3.63, 3.8) is 0 Å². The molecule has 0 amide bonds. The molecule has 2 nitrogen and oxygen atoms in total. The van der Waals surface area contributed by atoms with Gasteiger partial charge in [-0.15, -0.1) is 0 Å². The minimum atomic E-state index is 0.361. The summed E-state index contributed by atoms with van der Waals surface area (Å²) in [4.78, 5) is 9.35. The van der Waals surface area contributed by atoms with E-state index in [0.29, 0.717) is 11.8 Å². The Balaban J connectivity index is 1.44. The maximum atomic E-state index is 4.67. The maximum absolute atomic E-state index is 4.67. The highest BCUT2D eigenvalue weighted by atomic mass is 15.0. The molecule has 0 spiro atoms. The third-order valence-corrected chi connectivity index (χ3v) is 7.44. The highest BCUT2D eigenvalue weighted by Gasteiger charge is 2.36. The predicted molar refractivity (Wildman–Crippen MR) is 153 cm³/mol. The summed E-state index contributed by atoms with van der Waals surface area (Å²) in [7, 11) is 0. The molecular weight excluding hydrogens is 424 g/mol. The van der Waals surface area contributed by atoms with E-state index in [2.05, 4.69) is 77.6 Å². The average Bonchev–Trinajstić information content (AvgIpc) is 3.44. The summed E-state index contributed by atoms with van der Waals surface area (Å²) in [5, 5.41) is 0. The lowest BCUT2D eigenvalue weighted by atomic mass is 9.77. The second-order valence-corrected chi connectivity index (χ2v) is 10.3. The average molecular weight is 472 g/mol. The van der Waals surface area contributed by atoms with Gasteiger partial charge in [0.05, 0.1) is 5.92 Å². The van der Waals surface area contributed by atoms with Crippen molar-refractivity contribution in [1.82, 2.24) is 0 Å². The molecule has 2 atom stereocenters. The normalized spacial score (nSPS) is 14.5. The van der Waals surface area contributed by atoms with Crippen LogP contribution in [0.1, 0.15) is 114 Å². The van der Waals surface area contributed by atoms with E-state index >= 15 is 0 Å². The fourth-order valence-electron chi connectivity index (χ4n) is 5.40. The number of benzene rings is 2. The van der Waals surface area contributed by atoms with Crippen LogP contribution in [0, 0.1) is 12.1 Å². The van der Waals surface area contributed by atoms with Crippen LogP contribution < -0.4 is 0 Å². The summed E-state index contributed by atoms with van der Waals surface area (Å²) < 4.78 is 0. The van der Waals surface area contributed by atoms with Crippen LogP contribution in [0.4, 0.5) is 0 Å². The van der Waals surface area contributed by atoms with E-state index in [9.17, 15) is 0 Å². The van der Waals surface area contributed by atoms with E-state index in [1.54, 1.807) is 0 Å². The molecule has 2 heteroatoms. The van der Waals surface area contributed by atoms with Crippen molar-refractivity contribution in [3.05, 3.63) is 78.0 Å². The van der Waals surface area contributed by atoms with Crippen LogP contribution in [0.2, 0.25) is 0 Å². The maximum Gasteiger partial charge on any atom is 0.244 e. The SMILES string of the molecule is CCCCCCCCCCCCCCCC([C+]1N=CC=N1)C(Cc1ccccc1)c1ccccc1. The molecule has 0 aliphatic carbocycles. The summed E-state index contributed by atoms with van der Waals surface area (Å²) in [6.07, 6.45) is 25.0. The third-order valence-electron chi connectivity index (χ3n) is 7.44. The Bertz CT molecular complexity index is 815. The van der Waals surface area contributed by atoms with E-state index in [4.69, 9.17) is 0 Å². The van der Waals surface area contributed by atoms with Gasteiger partial charge >= 0.3 is 0 Å². The van der Waals surface area contributed by atoms with Gasteiger partial charge in [0.25, 0.3) is 0 Å². The van der Waals surface area contributed by atoms with E-state index in [-0.39, 0.29) is 0 Å². The molecule has 35 heavy (non-hydrogen) atoms. The van der Waals surface area contributed by atoms with Gasteiger partial charge in [-0.2, -0.15) is 0 Å². The zero-order valence-corrected chi connectivity index (χ0v) is 22.1. The number of unbranched alkanes of at least 4 members (excludes halogenated alkanes) is 12. The Labute approximate surface area is 215 Å². The monoisotopic (exact) mass is 471 g/mol. The molecule has 0 bridgehead atoms. The summed E-state index contributed by atoms with van der Waals surface area (Å²) in [6, 6.07) is 21.9. The fourth-order valence-corrected chi connectivity index (χ4v) is 5.40. The summed E-state index contributed by atoms with van der Waals surface area (Å²) >= 11 is 0. The van der Waals surface area contributed by atoms with E-state index < -0.39 is 0 Å². The van der Waals surface area contributed by atoms with Gasteiger partial charge in [0.15, 0.2) is 12.4 Å². The van der Waals surface area contributed by atoms with Crippen LogP contribution in [-0.2, 0) is 6.42 Å². The molecule has 0 radical (unpaired) electrons. The second kappa shape index (κ2) is 17.1. The number of hydrogen-bond donors (Lipinski definition) is 0. The Kier molecular flexibility index (Phi) is 13.3. The van der Waals surface area contributed by atoms with Gasteiger partial charge in [-0.1, -0.05) is 161 Å². The first-order chi connectivity index (χ1) is 17.4. The Hall–Kier alpha value is -2.35. The molecular formula is C33H47N2+. The summed E-state index contributed by atoms with van der Waals surface area (Å²) in [5.41, 5.74) is 2.80. The van der Waals surface area contributed by atoms with Crippen LogP contribution in [-0.4, -0.2) is 12.4 Å². The van der Waals surface area contributed by atoms with Crippen molar-refractivity contribution in [2.45, 2.75) is 109 Å². The van der Waals surface area contributed by atoms with Gasteiger partial charge in [-0.05, 0) is 24.0 Å². The Morgan fingerprint density at radius 2 is 1.09 bits per heavy atom. The smallest absolute Gasteiger partial charge is 0.0965 e. The molecule has 0 saturated heterocycles. The zero-order chi connectivity index (χ0) is 24.4. The van der Waals surface area contributed by atoms with Gasteiger partial charge in [0.1, 0.15) is 0 Å². The summed E-state index contributed by atoms with van der Waals surface area (Å²) in [5.74, 6) is 0.763. The molecule has 1 heterocycles. The molecule has 2 unspecified atom stereocenters. The molecule has 0 N–H and O–H groups in total. The van der Waals surface area contributed by atoms with Crippen molar-refractivity contribution < 1.29 is 0 Å². The van der Waals surface area contributed by atoms with Crippen LogP contribution in [0.5, 0.6) is 0 Å². The van der Waals surface area contributed by atoms with Crippen molar-refractivity contribution in [2.24, 2.45) is 15.9 Å². The molecule has 1 aliphatic heterocycles. The van der Waals surface area contributed by atoms with Crippen LogP contribution in [0.3, 0.4) is 0 Å². The zero-order valence-electron chi connectivity index (χ0n) is 22.1. The molecule has 0 fully saturated rings. The minimum absolute atomic E-state index is 0.361. The lowest BCUT2D eigenvalue weighted by Crippen LogP contribution is -2.20. The first-order valence-corrected chi connectivity index (χ1v) is 14.4. The molecule has 3 rings (SSSR count). The lowest BCUT2D eigenvalue weighted by Gasteiger charge is -2.26. The molecule has 0 saturated carbocycles. The van der Waals surface area contributed by atoms with Crippen molar-refractivity contribution in [2.75, 3.05) is 0 Å². The topological polar surface area (TPSA) is 24.7 Å². The standard InChI is InChI=1S/C33H47N2/c1-2-3-4-5-6-7-8-9-10-11-12-13-20-25-31(33-34-26-27-35-33)32(30-23-18-15-19-24-30)28-29-21-16-14-17-22-29/h14-19,21-24,26-27,31-32H,2-13,20,25,28H2,1H3/q+1. The lowest BCUT2D eigenvalue weighted by molar-refractivity contribution is 0.382. The van der Waals surface area contributed by atoms with Crippen molar-refractivity contribution in [1.29, 1.82) is 0 Å². The largest absolute Gasteiger partial charge is 0.244 e. The second-order valence-electron chi connectivity index (χ2n) is 10.3. The molecule has 1 aliphatic rings. The number of nitrogens with zero attached hydrogens (tertiary/aromatic N) is 2. The van der Waals surface area contributed by atoms with Gasteiger partial charge in [0.2, 0.25) is 6.17 Å². The predicted octanol–water partition coefficient (Wildman–Crippen LogP) is 9.76.